The molecule has 0 radical (unpaired) electrons. The van der Waals surface area contributed by atoms with Gasteiger partial charge in [0.2, 0.25) is 0 Å². The average Bonchev–Trinajstić information content (AvgIpc) is 2.71. The smallest absolute Gasteiger partial charge is 0.348 e. The van der Waals surface area contributed by atoms with E-state index in [9.17, 15) is 27.6 Å². The van der Waals surface area contributed by atoms with Crippen LogP contribution in [-0.2, 0) is 19.2 Å². The molecular formula is C12H17F3N2O4. The van der Waals surface area contributed by atoms with Gasteiger partial charge in [-0.05, 0) is 12.8 Å². The first kappa shape index (κ1) is 17.4. The molecule has 0 unspecified atom stereocenters. The standard InChI is InChI=1S/C12H17F3N2O4/c13-12(14,15)11(20)16-7-3-1-2-4-8-21-17-9(18)5-6-10(17)19/h1-8H2,(H,16,20). The molecule has 0 saturated carbocycles. The molecule has 0 aliphatic carbocycles. The molecule has 0 aromatic heterocycles. The predicted molar refractivity (Wildman–Crippen MR) is 64.6 cm³/mol. The van der Waals surface area contributed by atoms with Gasteiger partial charge < -0.3 is 5.32 Å². The zero-order valence-corrected chi connectivity index (χ0v) is 11.4. The summed E-state index contributed by atoms with van der Waals surface area (Å²) in [6.45, 7) is 0.161. The number of carbonyl (C=O) groups excluding carboxylic acids is 3. The minimum absolute atomic E-state index is 0.0394. The van der Waals surface area contributed by atoms with Crippen molar-refractivity contribution < 1.29 is 32.4 Å². The molecule has 1 heterocycles. The number of nitrogens with zero attached hydrogens (tertiary/aromatic N) is 1. The number of hydrogen-bond donors (Lipinski definition) is 1. The summed E-state index contributed by atoms with van der Waals surface area (Å²) in [5.74, 6) is -2.64. The number of halogens is 3. The van der Waals surface area contributed by atoms with E-state index in [4.69, 9.17) is 4.84 Å². The van der Waals surface area contributed by atoms with Gasteiger partial charge in [-0.15, -0.1) is 0 Å². The zero-order chi connectivity index (χ0) is 15.9. The Kier molecular flexibility index (Phi) is 6.60. The van der Waals surface area contributed by atoms with Crippen molar-refractivity contribution in [1.82, 2.24) is 10.4 Å². The van der Waals surface area contributed by atoms with Gasteiger partial charge in [0.15, 0.2) is 0 Å². The van der Waals surface area contributed by atoms with Gasteiger partial charge >= 0.3 is 12.1 Å². The summed E-state index contributed by atoms with van der Waals surface area (Å²) in [6, 6.07) is 0. The maximum absolute atomic E-state index is 11.8. The lowest BCUT2D eigenvalue weighted by molar-refractivity contribution is -0.187. The highest BCUT2D eigenvalue weighted by Gasteiger charge is 2.38. The topological polar surface area (TPSA) is 75.7 Å². The van der Waals surface area contributed by atoms with E-state index in [-0.39, 0.29) is 37.8 Å². The first-order chi connectivity index (χ1) is 9.82. The summed E-state index contributed by atoms with van der Waals surface area (Å²) in [7, 11) is 0. The summed E-state index contributed by atoms with van der Waals surface area (Å²) >= 11 is 0. The van der Waals surface area contributed by atoms with Crippen molar-refractivity contribution in [2.45, 2.75) is 44.7 Å². The second-order valence-electron chi connectivity index (χ2n) is 4.58. The van der Waals surface area contributed by atoms with E-state index in [1.165, 1.54) is 0 Å². The van der Waals surface area contributed by atoms with E-state index in [2.05, 4.69) is 0 Å². The van der Waals surface area contributed by atoms with Gasteiger partial charge in [0.1, 0.15) is 0 Å². The van der Waals surface area contributed by atoms with Crippen LogP contribution in [0.3, 0.4) is 0 Å². The van der Waals surface area contributed by atoms with Crippen molar-refractivity contribution in [3.8, 4) is 0 Å². The van der Waals surface area contributed by atoms with Crippen LogP contribution in [0.4, 0.5) is 13.2 Å². The van der Waals surface area contributed by atoms with Crippen molar-refractivity contribution in [2.75, 3.05) is 13.2 Å². The van der Waals surface area contributed by atoms with Crippen LogP contribution < -0.4 is 5.32 Å². The molecule has 1 rings (SSSR count). The second kappa shape index (κ2) is 7.96. The van der Waals surface area contributed by atoms with E-state index < -0.39 is 12.1 Å². The van der Waals surface area contributed by atoms with E-state index in [1.807, 2.05) is 0 Å². The molecule has 3 amide bonds. The lowest BCUT2D eigenvalue weighted by Gasteiger charge is -2.12. The number of amides is 3. The summed E-state index contributed by atoms with van der Waals surface area (Å²) in [6.07, 6.45) is -2.24. The lowest BCUT2D eigenvalue weighted by atomic mass is 10.2. The fourth-order valence-electron chi connectivity index (χ4n) is 1.74. The normalized spacial score (nSPS) is 15.7. The fourth-order valence-corrected chi connectivity index (χ4v) is 1.74. The van der Waals surface area contributed by atoms with Crippen molar-refractivity contribution in [1.29, 1.82) is 0 Å². The Morgan fingerprint density at radius 2 is 1.67 bits per heavy atom. The average molecular weight is 310 g/mol. The number of carbonyl (C=O) groups is 3. The maximum Gasteiger partial charge on any atom is 0.471 e. The number of hydroxylamine groups is 2. The number of hydrogen-bond acceptors (Lipinski definition) is 4. The molecule has 0 bridgehead atoms. The van der Waals surface area contributed by atoms with Crippen LogP contribution in [0, 0.1) is 0 Å². The summed E-state index contributed by atoms with van der Waals surface area (Å²) in [5.41, 5.74) is 0. The van der Waals surface area contributed by atoms with Crippen LogP contribution in [-0.4, -0.2) is 42.1 Å². The van der Waals surface area contributed by atoms with E-state index >= 15 is 0 Å². The van der Waals surface area contributed by atoms with Gasteiger partial charge in [-0.3, -0.25) is 19.2 Å². The highest BCUT2D eigenvalue weighted by atomic mass is 19.4. The molecular weight excluding hydrogens is 293 g/mol. The van der Waals surface area contributed by atoms with Crippen molar-refractivity contribution >= 4 is 17.7 Å². The van der Waals surface area contributed by atoms with Gasteiger partial charge in [0.25, 0.3) is 11.8 Å². The van der Waals surface area contributed by atoms with E-state index in [1.54, 1.807) is 5.32 Å². The van der Waals surface area contributed by atoms with Crippen LogP contribution in [0.15, 0.2) is 0 Å². The Balaban J connectivity index is 1.97. The predicted octanol–water partition coefficient (Wildman–Crippen LogP) is 1.31. The Bertz CT molecular complexity index is 382. The third-order valence-corrected chi connectivity index (χ3v) is 2.84. The molecule has 21 heavy (non-hydrogen) atoms. The Hall–Kier alpha value is -1.64. The molecule has 0 aromatic rings. The molecule has 6 nitrogen and oxygen atoms in total. The minimum atomic E-state index is -4.84. The maximum atomic E-state index is 11.8. The van der Waals surface area contributed by atoms with Crippen LogP contribution in [0.25, 0.3) is 0 Å². The number of rotatable bonds is 8. The van der Waals surface area contributed by atoms with Gasteiger partial charge in [-0.25, -0.2) is 0 Å². The molecule has 0 atom stereocenters. The van der Waals surface area contributed by atoms with Crippen LogP contribution in [0.5, 0.6) is 0 Å². The van der Waals surface area contributed by atoms with Crippen LogP contribution in [0.1, 0.15) is 38.5 Å². The monoisotopic (exact) mass is 310 g/mol. The Labute approximate surface area is 119 Å². The van der Waals surface area contributed by atoms with Crippen molar-refractivity contribution in [3.63, 3.8) is 0 Å². The highest BCUT2D eigenvalue weighted by Crippen LogP contribution is 2.14. The van der Waals surface area contributed by atoms with Gasteiger partial charge in [-0.1, -0.05) is 12.8 Å². The first-order valence-electron chi connectivity index (χ1n) is 6.66. The molecule has 1 aliphatic heterocycles. The molecule has 1 fully saturated rings. The lowest BCUT2D eigenvalue weighted by Crippen LogP contribution is -2.37. The summed E-state index contributed by atoms with van der Waals surface area (Å²) in [5, 5.41) is 2.54. The highest BCUT2D eigenvalue weighted by molar-refractivity contribution is 6.00. The second-order valence-corrected chi connectivity index (χ2v) is 4.58. The molecule has 1 saturated heterocycles. The summed E-state index contributed by atoms with van der Waals surface area (Å²) in [4.78, 5) is 37.9. The molecule has 0 aromatic carbocycles. The number of unbranched alkanes of at least 4 members (excludes halogenated alkanes) is 3. The molecule has 120 valence electrons. The Morgan fingerprint density at radius 3 is 2.24 bits per heavy atom. The van der Waals surface area contributed by atoms with E-state index in [0.717, 1.165) is 5.06 Å². The van der Waals surface area contributed by atoms with Crippen LogP contribution >= 0.6 is 0 Å². The number of imide groups is 1. The first-order valence-corrected chi connectivity index (χ1v) is 6.66. The number of nitrogens with one attached hydrogen (secondary N) is 1. The summed E-state index contributed by atoms with van der Waals surface area (Å²) < 4.78 is 35.5. The van der Waals surface area contributed by atoms with Crippen molar-refractivity contribution in [2.24, 2.45) is 0 Å². The largest absolute Gasteiger partial charge is 0.471 e. The van der Waals surface area contributed by atoms with Gasteiger partial charge in [0, 0.05) is 19.4 Å². The van der Waals surface area contributed by atoms with Gasteiger partial charge in [-0.2, -0.15) is 18.2 Å². The van der Waals surface area contributed by atoms with Gasteiger partial charge in [0.05, 0.1) is 6.61 Å². The van der Waals surface area contributed by atoms with E-state index in [0.29, 0.717) is 25.7 Å². The minimum Gasteiger partial charge on any atom is -0.348 e. The fraction of sp³-hybridized carbons (Fsp3) is 0.750. The van der Waals surface area contributed by atoms with Crippen LogP contribution in [0.2, 0.25) is 0 Å². The molecule has 9 heteroatoms. The third kappa shape index (κ3) is 6.11. The SMILES string of the molecule is O=C1CCC(=O)N1OCCCCCCNC(=O)C(F)(F)F. The quantitative estimate of drug-likeness (QED) is 0.542. The molecule has 1 N–H and O–H groups in total. The molecule has 1 aliphatic rings. The zero-order valence-electron chi connectivity index (χ0n) is 11.4. The number of alkyl halides is 3. The third-order valence-electron chi connectivity index (χ3n) is 2.84. The molecule has 0 spiro atoms. The van der Waals surface area contributed by atoms with Crippen molar-refractivity contribution in [3.05, 3.63) is 0 Å². The Morgan fingerprint density at radius 1 is 1.10 bits per heavy atom.